The molecule has 1 N–H and O–H groups in total. The summed E-state index contributed by atoms with van der Waals surface area (Å²) in [5.41, 5.74) is -0.374. The van der Waals surface area contributed by atoms with E-state index in [1.807, 2.05) is 20.2 Å². The van der Waals surface area contributed by atoms with Crippen LogP contribution >= 0.6 is 0 Å². The Morgan fingerprint density at radius 3 is 2.34 bits per heavy atom. The number of aryl methyl sites for hydroxylation is 1. The van der Waals surface area contributed by atoms with Crippen LogP contribution < -0.4 is 10.2 Å². The van der Waals surface area contributed by atoms with E-state index in [1.54, 1.807) is 12.1 Å². The van der Waals surface area contributed by atoms with Crippen LogP contribution in [-0.4, -0.2) is 42.1 Å². The number of benzene rings is 1. The van der Waals surface area contributed by atoms with Crippen molar-refractivity contribution in [2.75, 3.05) is 25.5 Å². The number of hydrogen-bond acceptors (Lipinski definition) is 3. The second kappa shape index (κ2) is 7.72. The van der Waals surface area contributed by atoms with E-state index in [0.29, 0.717) is 37.9 Å². The first kappa shape index (κ1) is 22.5. The van der Waals surface area contributed by atoms with Crippen molar-refractivity contribution < 1.29 is 22.4 Å². The highest BCUT2D eigenvalue weighted by Gasteiger charge is 2.50. The summed E-state index contributed by atoms with van der Waals surface area (Å²) in [7, 11) is 3.94. The molecule has 1 aromatic carbocycles. The molecule has 1 aliphatic heterocycles. The van der Waals surface area contributed by atoms with Gasteiger partial charge in [-0.25, -0.2) is 14.2 Å². The Labute approximate surface area is 184 Å². The minimum atomic E-state index is -4.53. The first-order valence-corrected chi connectivity index (χ1v) is 10.5. The third kappa shape index (κ3) is 3.83. The highest BCUT2D eigenvalue weighted by atomic mass is 19.4. The Kier molecular flexibility index (Phi) is 5.43. The van der Waals surface area contributed by atoms with Crippen LogP contribution in [0.5, 0.6) is 0 Å². The number of amides is 2. The van der Waals surface area contributed by atoms with Gasteiger partial charge >= 0.3 is 12.2 Å². The molecule has 32 heavy (non-hydrogen) atoms. The lowest BCUT2D eigenvalue weighted by atomic mass is 9.69. The first-order valence-electron chi connectivity index (χ1n) is 10.5. The predicted octanol–water partition coefficient (Wildman–Crippen LogP) is 4.85. The summed E-state index contributed by atoms with van der Waals surface area (Å²) >= 11 is 0. The maximum atomic E-state index is 13.9. The minimum absolute atomic E-state index is 0.158. The van der Waals surface area contributed by atoms with Gasteiger partial charge in [-0.2, -0.15) is 13.2 Å². The van der Waals surface area contributed by atoms with Crippen LogP contribution in [0.15, 0.2) is 36.4 Å². The van der Waals surface area contributed by atoms with Gasteiger partial charge in [0.1, 0.15) is 11.5 Å². The average molecular weight is 450 g/mol. The number of carbonyl (C=O) groups is 1. The van der Waals surface area contributed by atoms with Gasteiger partial charge in [0.2, 0.25) is 0 Å². The molecule has 4 rings (SSSR count). The largest absolute Gasteiger partial charge is 0.433 e. The second-order valence-electron chi connectivity index (χ2n) is 9.03. The SMILES string of the molecule is Cc1nc(C(F)(F)F)ccc1N1CC2(CCC(c3cccc(F)c3)(N(C)C)CC2)NC1=O. The number of halogens is 4. The molecule has 172 valence electrons. The van der Waals surface area contributed by atoms with Crippen molar-refractivity contribution in [3.63, 3.8) is 0 Å². The molecule has 1 spiro atoms. The summed E-state index contributed by atoms with van der Waals surface area (Å²) in [4.78, 5) is 20.0. The zero-order valence-electron chi connectivity index (χ0n) is 18.3. The minimum Gasteiger partial charge on any atom is -0.330 e. The van der Waals surface area contributed by atoms with Crippen LogP contribution in [0.2, 0.25) is 0 Å². The third-order valence-corrected chi connectivity index (χ3v) is 6.97. The third-order valence-electron chi connectivity index (χ3n) is 6.97. The van der Waals surface area contributed by atoms with E-state index in [2.05, 4.69) is 15.2 Å². The number of nitrogens with one attached hydrogen (secondary N) is 1. The summed E-state index contributed by atoms with van der Waals surface area (Å²) in [6, 6.07) is 8.50. The van der Waals surface area contributed by atoms with Crippen LogP contribution in [-0.2, 0) is 11.7 Å². The van der Waals surface area contributed by atoms with Crippen molar-refractivity contribution >= 4 is 11.7 Å². The molecule has 1 saturated carbocycles. The van der Waals surface area contributed by atoms with Crippen molar-refractivity contribution in [1.29, 1.82) is 0 Å². The summed E-state index contributed by atoms with van der Waals surface area (Å²) in [6.07, 6.45) is -1.79. The van der Waals surface area contributed by atoms with Crippen molar-refractivity contribution in [2.24, 2.45) is 0 Å². The second-order valence-corrected chi connectivity index (χ2v) is 9.03. The molecule has 5 nitrogen and oxygen atoms in total. The first-order chi connectivity index (χ1) is 15.0. The molecular formula is C23H26F4N4O. The normalized spacial score (nSPS) is 26.1. The van der Waals surface area contributed by atoms with Gasteiger partial charge in [0.15, 0.2) is 0 Å². The maximum Gasteiger partial charge on any atom is 0.433 e. The van der Waals surface area contributed by atoms with Gasteiger partial charge in [-0.1, -0.05) is 12.1 Å². The highest BCUT2D eigenvalue weighted by molar-refractivity contribution is 5.95. The molecule has 2 aliphatic rings. The summed E-state index contributed by atoms with van der Waals surface area (Å²) in [5, 5.41) is 3.07. The number of aromatic nitrogens is 1. The zero-order chi connectivity index (χ0) is 23.3. The van der Waals surface area contributed by atoms with Crippen molar-refractivity contribution in [2.45, 2.75) is 49.9 Å². The number of hydrogen-bond donors (Lipinski definition) is 1. The molecule has 2 fully saturated rings. The van der Waals surface area contributed by atoms with Crippen molar-refractivity contribution in [1.82, 2.24) is 15.2 Å². The molecule has 1 aromatic heterocycles. The van der Waals surface area contributed by atoms with E-state index in [9.17, 15) is 22.4 Å². The molecule has 9 heteroatoms. The van der Waals surface area contributed by atoms with Crippen LogP contribution in [0.25, 0.3) is 0 Å². The molecule has 0 unspecified atom stereocenters. The van der Waals surface area contributed by atoms with E-state index in [1.165, 1.54) is 24.0 Å². The summed E-state index contributed by atoms with van der Waals surface area (Å²) in [6.45, 7) is 1.83. The van der Waals surface area contributed by atoms with E-state index < -0.39 is 17.4 Å². The molecule has 2 heterocycles. The van der Waals surface area contributed by atoms with Gasteiger partial charge in [0.05, 0.1) is 23.5 Å². The van der Waals surface area contributed by atoms with Gasteiger partial charge in [-0.3, -0.25) is 9.80 Å². The van der Waals surface area contributed by atoms with E-state index in [0.717, 1.165) is 11.6 Å². The summed E-state index contributed by atoms with van der Waals surface area (Å²) < 4.78 is 52.8. The fraction of sp³-hybridized carbons (Fsp3) is 0.478. The Hall–Kier alpha value is -2.68. The molecule has 2 aromatic rings. The fourth-order valence-corrected chi connectivity index (χ4v) is 5.10. The van der Waals surface area contributed by atoms with Gasteiger partial charge in [-0.05, 0) is 76.5 Å². The number of carbonyl (C=O) groups excluding carboxylic acids is 1. The van der Waals surface area contributed by atoms with Gasteiger partial charge in [0.25, 0.3) is 0 Å². The van der Waals surface area contributed by atoms with Gasteiger partial charge < -0.3 is 5.32 Å². The lowest BCUT2D eigenvalue weighted by Crippen LogP contribution is -2.54. The van der Waals surface area contributed by atoms with Crippen LogP contribution in [0.1, 0.15) is 42.6 Å². The van der Waals surface area contributed by atoms with Gasteiger partial charge in [0, 0.05) is 5.54 Å². The number of rotatable bonds is 3. The van der Waals surface area contributed by atoms with Gasteiger partial charge in [-0.15, -0.1) is 0 Å². The lowest BCUT2D eigenvalue weighted by Gasteiger charge is -2.48. The van der Waals surface area contributed by atoms with Crippen molar-refractivity contribution in [3.05, 3.63) is 59.2 Å². The fourth-order valence-electron chi connectivity index (χ4n) is 5.10. The molecule has 2 amide bonds. The quantitative estimate of drug-likeness (QED) is 0.681. The number of urea groups is 1. The molecule has 1 saturated heterocycles. The Balaban J connectivity index is 1.56. The average Bonchev–Trinajstić information content (AvgIpc) is 3.03. The van der Waals surface area contributed by atoms with E-state index in [4.69, 9.17) is 0 Å². The maximum absolute atomic E-state index is 13.9. The topological polar surface area (TPSA) is 48.5 Å². The smallest absolute Gasteiger partial charge is 0.330 e. The Morgan fingerprint density at radius 1 is 1.09 bits per heavy atom. The van der Waals surface area contributed by atoms with Crippen molar-refractivity contribution in [3.8, 4) is 0 Å². The van der Waals surface area contributed by atoms with E-state index >= 15 is 0 Å². The molecule has 1 aliphatic carbocycles. The Bertz CT molecular complexity index is 1030. The number of pyridine rings is 1. The number of anilines is 1. The molecule has 0 atom stereocenters. The number of nitrogens with zero attached hydrogens (tertiary/aromatic N) is 3. The van der Waals surface area contributed by atoms with Crippen LogP contribution in [0.4, 0.5) is 28.0 Å². The highest BCUT2D eigenvalue weighted by Crippen LogP contribution is 2.46. The van der Waals surface area contributed by atoms with E-state index in [-0.39, 0.29) is 23.1 Å². The molecular weight excluding hydrogens is 424 g/mol. The molecule has 0 bridgehead atoms. The van der Waals surface area contributed by atoms with Crippen LogP contribution in [0.3, 0.4) is 0 Å². The predicted molar refractivity (Wildman–Crippen MR) is 113 cm³/mol. The zero-order valence-corrected chi connectivity index (χ0v) is 18.3. The standard InChI is InChI=1S/C23H26F4N4O/c1-15-18(7-8-19(28-15)23(25,26)27)31-14-21(29-20(31)32)9-11-22(12-10-21,30(2)3)16-5-4-6-17(24)13-16/h4-8,13H,9-12,14H2,1-3H3,(H,29,32). The Morgan fingerprint density at radius 2 is 1.78 bits per heavy atom. The van der Waals surface area contributed by atoms with Crippen LogP contribution in [0, 0.1) is 12.7 Å². The monoisotopic (exact) mass is 450 g/mol. The number of alkyl halides is 3. The lowest BCUT2D eigenvalue weighted by molar-refractivity contribution is -0.141. The molecule has 0 radical (unpaired) electrons. The summed E-state index contributed by atoms with van der Waals surface area (Å²) in [5.74, 6) is -0.283.